The Kier molecular flexibility index (Phi) is 9.94. The van der Waals surface area contributed by atoms with Crippen LogP contribution < -0.4 is 16.2 Å². The van der Waals surface area contributed by atoms with Gasteiger partial charge in [-0.25, -0.2) is 4.79 Å². The molecular formula is C28H41N7O4. The highest BCUT2D eigenvalue weighted by molar-refractivity contribution is 5.81. The number of hydrogen-bond acceptors (Lipinski definition) is 8. The van der Waals surface area contributed by atoms with Gasteiger partial charge in [0.2, 0.25) is 0 Å². The Balaban J connectivity index is 1.23. The number of benzene rings is 1. The van der Waals surface area contributed by atoms with Crippen LogP contribution in [0.5, 0.6) is 6.01 Å². The average Bonchev–Trinajstić information content (AvgIpc) is 3.20. The Labute approximate surface area is 229 Å². The molecule has 1 aromatic carbocycles. The molecule has 0 amide bonds. The third kappa shape index (κ3) is 8.03. The fourth-order valence-electron chi connectivity index (χ4n) is 5.19. The van der Waals surface area contributed by atoms with Crippen LogP contribution in [0, 0.1) is 5.92 Å². The van der Waals surface area contributed by atoms with E-state index in [-0.39, 0.29) is 23.9 Å². The van der Waals surface area contributed by atoms with Gasteiger partial charge in [-0.05, 0) is 76.0 Å². The van der Waals surface area contributed by atoms with Gasteiger partial charge in [-0.15, -0.1) is 0 Å². The van der Waals surface area contributed by atoms with E-state index < -0.39 is 5.97 Å². The molecule has 0 aliphatic carbocycles. The Morgan fingerprint density at radius 2 is 2.00 bits per heavy atom. The van der Waals surface area contributed by atoms with Crippen LogP contribution in [0.25, 0.3) is 11.2 Å². The van der Waals surface area contributed by atoms with Crippen molar-refractivity contribution in [3.05, 3.63) is 45.9 Å². The summed E-state index contributed by atoms with van der Waals surface area (Å²) < 4.78 is 7.33. The molecule has 3 aromatic rings. The SMILES string of the molecule is CCCCOc1nc(N)c2[nH]c(=O)n(CC3CCN(CCCN(C)Cc4cccc(CC(=O)O)c4)CC3)c2n1. The molecule has 11 heteroatoms. The topological polar surface area (TPSA) is 143 Å². The standard InChI is InChI=1S/C28H41N7O4/c1-3-4-15-39-27-31-25(29)24-26(32-27)35(28(38)30-24)19-20-9-13-34(14-10-20)12-6-11-33(2)18-22-8-5-7-21(16-22)17-23(36)37/h5,7-8,16,20H,3-4,6,9-15,17-19H2,1-2H3,(H,30,38)(H,36,37)(H2,29,31,32). The number of likely N-dealkylation sites (tertiary alicyclic amines) is 1. The van der Waals surface area contributed by atoms with E-state index in [1.165, 1.54) is 0 Å². The molecular weight excluding hydrogens is 498 g/mol. The molecule has 0 spiro atoms. The number of rotatable bonds is 14. The molecule has 1 aliphatic heterocycles. The van der Waals surface area contributed by atoms with Crippen molar-refractivity contribution in [2.24, 2.45) is 5.92 Å². The van der Waals surface area contributed by atoms with Crippen LogP contribution in [0.1, 0.15) is 50.2 Å². The van der Waals surface area contributed by atoms with Crippen LogP contribution in [0.4, 0.5) is 5.82 Å². The van der Waals surface area contributed by atoms with Crippen LogP contribution >= 0.6 is 0 Å². The summed E-state index contributed by atoms with van der Waals surface area (Å²) in [5.74, 6) is -0.188. The third-order valence-electron chi connectivity index (χ3n) is 7.32. The number of carboxylic acids is 1. The van der Waals surface area contributed by atoms with Crippen molar-refractivity contribution in [2.75, 3.05) is 45.6 Å². The first-order chi connectivity index (χ1) is 18.8. The molecule has 1 fully saturated rings. The molecule has 11 nitrogen and oxygen atoms in total. The molecule has 0 bridgehead atoms. The molecule has 3 heterocycles. The van der Waals surface area contributed by atoms with Gasteiger partial charge in [-0.1, -0.05) is 37.6 Å². The molecule has 4 rings (SSSR count). The molecule has 0 saturated carbocycles. The van der Waals surface area contributed by atoms with Gasteiger partial charge in [0.25, 0.3) is 0 Å². The Hall–Kier alpha value is -3.44. The minimum atomic E-state index is -0.807. The monoisotopic (exact) mass is 539 g/mol. The molecule has 39 heavy (non-hydrogen) atoms. The number of aromatic amines is 1. The predicted octanol–water partition coefficient (Wildman–Crippen LogP) is 2.74. The van der Waals surface area contributed by atoms with Crippen molar-refractivity contribution in [1.82, 2.24) is 29.3 Å². The summed E-state index contributed by atoms with van der Waals surface area (Å²) in [6.45, 7) is 8.02. The summed E-state index contributed by atoms with van der Waals surface area (Å²) in [5, 5.41) is 9.02. The van der Waals surface area contributed by atoms with E-state index in [9.17, 15) is 9.59 Å². The smallest absolute Gasteiger partial charge is 0.327 e. The molecule has 2 aromatic heterocycles. The summed E-state index contributed by atoms with van der Waals surface area (Å²) in [6, 6.07) is 8.04. The van der Waals surface area contributed by atoms with E-state index in [0.29, 0.717) is 30.2 Å². The quantitative estimate of drug-likeness (QED) is 0.264. The summed E-state index contributed by atoms with van der Waals surface area (Å²) >= 11 is 0. The van der Waals surface area contributed by atoms with Crippen LogP contribution in [-0.2, 0) is 24.3 Å². The van der Waals surface area contributed by atoms with Gasteiger partial charge in [0.15, 0.2) is 11.5 Å². The van der Waals surface area contributed by atoms with Crippen molar-refractivity contribution >= 4 is 23.0 Å². The van der Waals surface area contributed by atoms with Crippen molar-refractivity contribution < 1.29 is 14.6 Å². The first-order valence-corrected chi connectivity index (χ1v) is 13.9. The number of H-pyrrole nitrogens is 1. The van der Waals surface area contributed by atoms with Crippen molar-refractivity contribution in [2.45, 2.75) is 58.5 Å². The highest BCUT2D eigenvalue weighted by Gasteiger charge is 2.22. The molecule has 4 N–H and O–H groups in total. The van der Waals surface area contributed by atoms with E-state index in [4.69, 9.17) is 15.6 Å². The molecule has 1 aliphatic rings. The summed E-state index contributed by atoms with van der Waals surface area (Å²) in [4.78, 5) is 40.0. The van der Waals surface area contributed by atoms with Crippen molar-refractivity contribution in [3.8, 4) is 6.01 Å². The zero-order valence-electron chi connectivity index (χ0n) is 23.1. The lowest BCUT2D eigenvalue weighted by atomic mass is 9.96. The van der Waals surface area contributed by atoms with E-state index in [1.54, 1.807) is 4.57 Å². The first kappa shape index (κ1) is 28.6. The highest BCUT2D eigenvalue weighted by Crippen LogP contribution is 2.23. The molecule has 0 unspecified atom stereocenters. The zero-order chi connectivity index (χ0) is 27.8. The number of anilines is 1. The molecule has 212 valence electrons. The number of nitrogens with zero attached hydrogens (tertiary/aromatic N) is 5. The minimum absolute atomic E-state index is 0.0543. The van der Waals surface area contributed by atoms with Crippen LogP contribution in [0.3, 0.4) is 0 Å². The predicted molar refractivity (Wildman–Crippen MR) is 151 cm³/mol. The van der Waals surface area contributed by atoms with Gasteiger partial charge in [0, 0.05) is 13.1 Å². The lowest BCUT2D eigenvalue weighted by Gasteiger charge is -2.32. The number of nitrogen functional groups attached to an aromatic ring is 1. The number of unbranched alkanes of at least 4 members (excludes halogenated alkanes) is 1. The van der Waals surface area contributed by atoms with E-state index in [2.05, 4.69) is 38.7 Å². The van der Waals surface area contributed by atoms with E-state index in [1.807, 2.05) is 24.3 Å². The fraction of sp³-hybridized carbons (Fsp3) is 0.571. The zero-order valence-corrected chi connectivity index (χ0v) is 23.1. The molecule has 0 atom stereocenters. The largest absolute Gasteiger partial charge is 0.481 e. The van der Waals surface area contributed by atoms with Crippen LogP contribution in [-0.4, -0.2) is 80.2 Å². The maximum Gasteiger partial charge on any atom is 0.327 e. The number of imidazole rings is 1. The number of hydrogen-bond donors (Lipinski definition) is 3. The third-order valence-corrected chi connectivity index (χ3v) is 7.32. The maximum atomic E-state index is 12.7. The Bertz CT molecular complexity index is 1300. The number of carbonyl (C=O) groups is 1. The number of aromatic nitrogens is 4. The maximum absolute atomic E-state index is 12.7. The molecule has 0 radical (unpaired) electrons. The van der Waals surface area contributed by atoms with E-state index >= 15 is 0 Å². The normalized spacial score (nSPS) is 14.8. The van der Waals surface area contributed by atoms with Gasteiger partial charge in [-0.2, -0.15) is 9.97 Å². The van der Waals surface area contributed by atoms with Crippen molar-refractivity contribution in [3.63, 3.8) is 0 Å². The van der Waals surface area contributed by atoms with Crippen molar-refractivity contribution in [1.29, 1.82) is 0 Å². The van der Waals surface area contributed by atoms with E-state index in [0.717, 1.165) is 76.0 Å². The second-order valence-corrected chi connectivity index (χ2v) is 10.6. The number of nitrogens with two attached hydrogens (primary N) is 1. The number of ether oxygens (including phenoxy) is 1. The number of aliphatic carboxylic acids is 1. The average molecular weight is 540 g/mol. The second kappa shape index (κ2) is 13.6. The Morgan fingerprint density at radius 1 is 1.23 bits per heavy atom. The van der Waals surface area contributed by atoms with Gasteiger partial charge in [0.1, 0.15) is 5.52 Å². The summed E-state index contributed by atoms with van der Waals surface area (Å²) in [7, 11) is 2.10. The summed E-state index contributed by atoms with van der Waals surface area (Å²) in [6.07, 6.45) is 5.07. The first-order valence-electron chi connectivity index (χ1n) is 13.9. The van der Waals surface area contributed by atoms with Gasteiger partial charge in [-0.3, -0.25) is 9.36 Å². The fourth-order valence-corrected chi connectivity index (χ4v) is 5.19. The lowest BCUT2D eigenvalue weighted by Crippen LogP contribution is -2.37. The molecule has 1 saturated heterocycles. The number of piperidine rings is 1. The summed E-state index contributed by atoms with van der Waals surface area (Å²) in [5.41, 5.74) is 8.82. The van der Waals surface area contributed by atoms with Gasteiger partial charge < -0.3 is 30.4 Å². The Morgan fingerprint density at radius 3 is 2.74 bits per heavy atom. The number of fused-ring (bicyclic) bond motifs is 1. The number of carboxylic acid groups (broad SMARTS) is 1. The van der Waals surface area contributed by atoms with Crippen LogP contribution in [0.15, 0.2) is 29.1 Å². The van der Waals surface area contributed by atoms with Gasteiger partial charge >= 0.3 is 17.7 Å². The lowest BCUT2D eigenvalue weighted by molar-refractivity contribution is -0.136. The number of nitrogens with one attached hydrogen (secondary N) is 1. The highest BCUT2D eigenvalue weighted by atomic mass is 16.5. The second-order valence-electron chi connectivity index (χ2n) is 10.6. The van der Waals surface area contributed by atoms with Crippen LogP contribution in [0.2, 0.25) is 0 Å². The minimum Gasteiger partial charge on any atom is -0.481 e. The van der Waals surface area contributed by atoms with Gasteiger partial charge in [0.05, 0.1) is 13.0 Å².